The van der Waals surface area contributed by atoms with Crippen LogP contribution in [0.25, 0.3) is 0 Å². The Bertz CT molecular complexity index is 518. The highest BCUT2D eigenvalue weighted by atomic mass is 32.1. The van der Waals surface area contributed by atoms with Gasteiger partial charge in [-0.2, -0.15) is 0 Å². The molecule has 1 aromatic heterocycles. The number of aromatic nitrogens is 2. The number of hydrogen-bond acceptors (Lipinski definition) is 4. The number of hydrogen-bond donors (Lipinski definition) is 2. The van der Waals surface area contributed by atoms with Crippen molar-refractivity contribution in [2.75, 3.05) is 11.5 Å². The topological polar surface area (TPSA) is 79.0 Å². The molecule has 5 nitrogen and oxygen atoms in total. The monoisotopic (exact) mass is 270 g/mol. The van der Waals surface area contributed by atoms with Crippen molar-refractivity contribution in [3.63, 3.8) is 0 Å². The molecule has 102 valence electrons. The van der Waals surface area contributed by atoms with Gasteiger partial charge in [0, 0.05) is 13.1 Å². The zero-order valence-corrected chi connectivity index (χ0v) is 11.9. The summed E-state index contributed by atoms with van der Waals surface area (Å²) in [6.07, 6.45) is 3.90. The van der Waals surface area contributed by atoms with Gasteiger partial charge in [-0.05, 0) is 25.1 Å². The van der Waals surface area contributed by atoms with Crippen molar-refractivity contribution in [2.45, 2.75) is 52.6 Å². The van der Waals surface area contributed by atoms with Crippen molar-refractivity contribution in [2.24, 2.45) is 0 Å². The number of rotatable bonds is 6. The Morgan fingerprint density at radius 1 is 1.06 bits per heavy atom. The molecule has 18 heavy (non-hydrogen) atoms. The van der Waals surface area contributed by atoms with E-state index in [1.165, 1.54) is 0 Å². The van der Waals surface area contributed by atoms with Crippen molar-refractivity contribution >= 4 is 23.7 Å². The zero-order valence-electron chi connectivity index (χ0n) is 11.1. The Hall–Kier alpha value is -1.30. The van der Waals surface area contributed by atoms with E-state index in [0.717, 1.165) is 25.7 Å². The van der Waals surface area contributed by atoms with E-state index < -0.39 is 0 Å². The summed E-state index contributed by atoms with van der Waals surface area (Å²) < 4.78 is 3.80. The normalized spacial score (nSPS) is 10.8. The van der Waals surface area contributed by atoms with Crippen LogP contribution in [0, 0.1) is 4.77 Å². The molecule has 1 heterocycles. The molecule has 0 bridgehead atoms. The van der Waals surface area contributed by atoms with Crippen LogP contribution in [0.3, 0.4) is 0 Å². The minimum absolute atomic E-state index is 0.107. The molecule has 0 aliphatic heterocycles. The molecule has 0 aromatic carbocycles. The van der Waals surface area contributed by atoms with Gasteiger partial charge in [0.2, 0.25) is 0 Å². The fourth-order valence-electron chi connectivity index (χ4n) is 1.78. The first kappa shape index (κ1) is 14.8. The van der Waals surface area contributed by atoms with Crippen LogP contribution in [0.2, 0.25) is 0 Å². The molecule has 4 N–H and O–H groups in total. The Balaban J connectivity index is 3.30. The van der Waals surface area contributed by atoms with E-state index in [9.17, 15) is 4.79 Å². The van der Waals surface area contributed by atoms with E-state index in [1.54, 1.807) is 9.13 Å². The van der Waals surface area contributed by atoms with Crippen LogP contribution in [-0.4, -0.2) is 9.13 Å². The summed E-state index contributed by atoms with van der Waals surface area (Å²) in [5.74, 6) is 0.297. The summed E-state index contributed by atoms with van der Waals surface area (Å²) in [6.45, 7) is 5.47. The average molecular weight is 270 g/mol. The zero-order chi connectivity index (χ0) is 13.7. The fraction of sp³-hybridized carbons (Fsp3) is 0.667. The lowest BCUT2D eigenvalue weighted by atomic mass is 10.3. The summed E-state index contributed by atoms with van der Waals surface area (Å²) in [6, 6.07) is 0. The minimum atomic E-state index is -0.265. The highest BCUT2D eigenvalue weighted by Gasteiger charge is 2.11. The largest absolute Gasteiger partial charge is 0.391 e. The van der Waals surface area contributed by atoms with Crippen LogP contribution in [-0.2, 0) is 13.1 Å². The first-order valence-electron chi connectivity index (χ1n) is 6.43. The molecule has 0 fully saturated rings. The quantitative estimate of drug-likeness (QED) is 0.776. The number of nitrogens with zero attached hydrogens (tertiary/aromatic N) is 2. The number of anilines is 2. The Morgan fingerprint density at radius 3 is 2.06 bits per heavy atom. The second-order valence-electron chi connectivity index (χ2n) is 4.40. The minimum Gasteiger partial charge on any atom is -0.391 e. The van der Waals surface area contributed by atoms with Gasteiger partial charge >= 0.3 is 0 Å². The highest BCUT2D eigenvalue weighted by molar-refractivity contribution is 7.71. The van der Waals surface area contributed by atoms with E-state index in [0.29, 0.717) is 23.7 Å². The highest BCUT2D eigenvalue weighted by Crippen LogP contribution is 2.12. The van der Waals surface area contributed by atoms with E-state index in [4.69, 9.17) is 23.7 Å². The first-order valence-corrected chi connectivity index (χ1v) is 6.83. The maximum absolute atomic E-state index is 12.0. The lowest BCUT2D eigenvalue weighted by Crippen LogP contribution is -2.30. The van der Waals surface area contributed by atoms with Gasteiger partial charge in [-0.25, -0.2) is 0 Å². The average Bonchev–Trinajstić information content (AvgIpc) is 2.36. The van der Waals surface area contributed by atoms with Crippen molar-refractivity contribution in [3.05, 3.63) is 15.1 Å². The summed E-state index contributed by atoms with van der Waals surface area (Å²) in [4.78, 5) is 12.0. The van der Waals surface area contributed by atoms with E-state index in [-0.39, 0.29) is 11.2 Å². The third-order valence-corrected chi connectivity index (χ3v) is 3.42. The molecule has 0 unspecified atom stereocenters. The molecule has 0 atom stereocenters. The van der Waals surface area contributed by atoms with Gasteiger partial charge in [0.15, 0.2) is 4.77 Å². The van der Waals surface area contributed by atoms with E-state index >= 15 is 0 Å². The van der Waals surface area contributed by atoms with Crippen LogP contribution in [0.15, 0.2) is 4.79 Å². The predicted molar refractivity (Wildman–Crippen MR) is 78.2 cm³/mol. The van der Waals surface area contributed by atoms with Crippen LogP contribution < -0.4 is 17.0 Å². The summed E-state index contributed by atoms with van der Waals surface area (Å²) in [7, 11) is 0. The van der Waals surface area contributed by atoms with Gasteiger partial charge < -0.3 is 16.0 Å². The maximum Gasteiger partial charge on any atom is 0.279 e. The second kappa shape index (κ2) is 6.58. The molecular formula is C12H22N4OS. The lowest BCUT2D eigenvalue weighted by Gasteiger charge is -2.16. The number of unbranched alkanes of at least 4 members (excludes halogenated alkanes) is 2. The molecule has 1 rings (SSSR count). The first-order chi connectivity index (χ1) is 8.54. The van der Waals surface area contributed by atoms with E-state index in [2.05, 4.69) is 13.8 Å². The standard InChI is InChI=1S/C12H22N4OS/c1-3-5-7-15-10(14)9(13)11(17)16(12(15)18)8-6-4-2/h3-8,13-14H2,1-2H3. The van der Waals surface area contributed by atoms with Gasteiger partial charge in [0.1, 0.15) is 11.5 Å². The van der Waals surface area contributed by atoms with Crippen LogP contribution in [0.1, 0.15) is 39.5 Å². The molecule has 0 spiro atoms. The van der Waals surface area contributed by atoms with Gasteiger partial charge in [-0.1, -0.05) is 26.7 Å². The van der Waals surface area contributed by atoms with Crippen molar-refractivity contribution in [1.29, 1.82) is 0 Å². The summed E-state index contributed by atoms with van der Waals surface area (Å²) >= 11 is 5.34. The number of nitrogen functional groups attached to an aromatic ring is 2. The van der Waals surface area contributed by atoms with Gasteiger partial charge in [-0.3, -0.25) is 9.36 Å². The molecule has 0 radical (unpaired) electrons. The van der Waals surface area contributed by atoms with Crippen molar-refractivity contribution < 1.29 is 0 Å². The Labute approximate surface area is 112 Å². The third-order valence-electron chi connectivity index (χ3n) is 2.97. The maximum atomic E-state index is 12.0. The van der Waals surface area contributed by atoms with Crippen LogP contribution in [0.4, 0.5) is 11.5 Å². The SMILES string of the molecule is CCCCn1c(N)c(N)c(=O)n(CCCC)c1=S. The Morgan fingerprint density at radius 2 is 1.56 bits per heavy atom. The third kappa shape index (κ3) is 2.93. The van der Waals surface area contributed by atoms with Crippen LogP contribution in [0.5, 0.6) is 0 Å². The molecule has 0 saturated heterocycles. The molecule has 1 aromatic rings. The smallest absolute Gasteiger partial charge is 0.279 e. The predicted octanol–water partition coefficient (Wildman–Crippen LogP) is 2.14. The fourth-order valence-corrected chi connectivity index (χ4v) is 2.15. The molecule has 0 amide bonds. The lowest BCUT2D eigenvalue weighted by molar-refractivity contribution is 0.541. The Kier molecular flexibility index (Phi) is 5.40. The molecule has 6 heteroatoms. The molecule has 0 aliphatic rings. The number of nitrogens with two attached hydrogens (primary N) is 2. The van der Waals surface area contributed by atoms with E-state index in [1.807, 2.05) is 0 Å². The van der Waals surface area contributed by atoms with Crippen LogP contribution >= 0.6 is 12.2 Å². The van der Waals surface area contributed by atoms with Gasteiger partial charge in [0.05, 0.1) is 0 Å². The van der Waals surface area contributed by atoms with Crippen molar-refractivity contribution in [1.82, 2.24) is 9.13 Å². The van der Waals surface area contributed by atoms with Gasteiger partial charge in [0.25, 0.3) is 5.56 Å². The summed E-state index contributed by atoms with van der Waals surface area (Å²) in [5.41, 5.74) is 11.5. The summed E-state index contributed by atoms with van der Waals surface area (Å²) in [5, 5.41) is 0. The van der Waals surface area contributed by atoms with Crippen molar-refractivity contribution in [3.8, 4) is 0 Å². The molecule has 0 aliphatic carbocycles. The molecular weight excluding hydrogens is 248 g/mol. The van der Waals surface area contributed by atoms with Gasteiger partial charge in [-0.15, -0.1) is 0 Å². The second-order valence-corrected chi connectivity index (χ2v) is 4.76. The molecule has 0 saturated carbocycles.